The summed E-state index contributed by atoms with van der Waals surface area (Å²) in [6, 6.07) is 0. The second-order valence-electron chi connectivity index (χ2n) is 3.95. The Morgan fingerprint density at radius 2 is 2.25 bits per heavy atom. The van der Waals surface area contributed by atoms with Crippen LogP contribution in [0.4, 0.5) is 0 Å². The first-order valence-corrected chi connectivity index (χ1v) is 4.73. The Labute approximate surface area is 80.1 Å². The molecule has 2 fully saturated rings. The lowest BCUT2D eigenvalue weighted by atomic mass is 9.64. The summed E-state index contributed by atoms with van der Waals surface area (Å²) in [5.41, 5.74) is 0. The van der Waals surface area contributed by atoms with Crippen LogP contribution in [0, 0.1) is 17.8 Å². The van der Waals surface area contributed by atoms with Crippen LogP contribution in [0.2, 0.25) is 0 Å². The van der Waals surface area contributed by atoms with Gasteiger partial charge in [-0.15, -0.1) is 12.4 Å². The first-order valence-electron chi connectivity index (χ1n) is 4.73. The van der Waals surface area contributed by atoms with Gasteiger partial charge in [-0.25, -0.2) is 0 Å². The van der Waals surface area contributed by atoms with Gasteiger partial charge in [0.15, 0.2) is 0 Å². The Morgan fingerprint density at radius 1 is 1.42 bits per heavy atom. The number of fused-ring (bicyclic) bond motifs is 1. The molecule has 1 aliphatic carbocycles. The minimum Gasteiger partial charge on any atom is -0.396 e. The SMILES string of the molecule is Cl.OCC1CC2CNCCCC12. The van der Waals surface area contributed by atoms with E-state index in [1.165, 1.54) is 32.4 Å². The normalized spacial score (nSPS) is 40.2. The molecule has 0 radical (unpaired) electrons. The lowest BCUT2D eigenvalue weighted by Crippen LogP contribution is -2.41. The predicted molar refractivity (Wildman–Crippen MR) is 51.5 cm³/mol. The van der Waals surface area contributed by atoms with Crippen LogP contribution in [-0.2, 0) is 0 Å². The fourth-order valence-corrected chi connectivity index (χ4v) is 2.59. The lowest BCUT2D eigenvalue weighted by molar-refractivity contribution is 0.0245. The molecule has 3 unspecified atom stereocenters. The first-order chi connectivity index (χ1) is 5.42. The van der Waals surface area contributed by atoms with Gasteiger partial charge in [0.25, 0.3) is 0 Å². The Balaban J connectivity index is 0.000000720. The average Bonchev–Trinajstić information content (AvgIpc) is 2.15. The molecular formula is C9H18ClNO. The van der Waals surface area contributed by atoms with Crippen LogP contribution in [-0.4, -0.2) is 24.8 Å². The predicted octanol–water partition coefficient (Wildman–Crippen LogP) is 1.04. The van der Waals surface area contributed by atoms with Crippen molar-refractivity contribution in [2.75, 3.05) is 19.7 Å². The highest BCUT2D eigenvalue weighted by molar-refractivity contribution is 5.85. The fraction of sp³-hybridized carbons (Fsp3) is 1.00. The number of aliphatic hydroxyl groups excluding tert-OH is 1. The van der Waals surface area contributed by atoms with Crippen LogP contribution in [0.3, 0.4) is 0 Å². The number of hydrogen-bond acceptors (Lipinski definition) is 2. The Hall–Kier alpha value is 0.210. The Morgan fingerprint density at radius 3 is 3.00 bits per heavy atom. The molecule has 72 valence electrons. The molecule has 0 bridgehead atoms. The van der Waals surface area contributed by atoms with Crippen molar-refractivity contribution < 1.29 is 5.11 Å². The topological polar surface area (TPSA) is 32.3 Å². The molecule has 1 saturated carbocycles. The van der Waals surface area contributed by atoms with E-state index in [-0.39, 0.29) is 12.4 Å². The van der Waals surface area contributed by atoms with Crippen LogP contribution < -0.4 is 5.32 Å². The average molecular weight is 192 g/mol. The van der Waals surface area contributed by atoms with Gasteiger partial charge < -0.3 is 10.4 Å². The van der Waals surface area contributed by atoms with Gasteiger partial charge in [-0.1, -0.05) is 0 Å². The fourth-order valence-electron chi connectivity index (χ4n) is 2.59. The minimum atomic E-state index is 0. The lowest BCUT2D eigenvalue weighted by Gasteiger charge is -2.43. The van der Waals surface area contributed by atoms with E-state index in [4.69, 9.17) is 5.11 Å². The largest absolute Gasteiger partial charge is 0.396 e. The molecule has 1 heterocycles. The van der Waals surface area contributed by atoms with Gasteiger partial charge >= 0.3 is 0 Å². The van der Waals surface area contributed by atoms with Crippen LogP contribution in [0.5, 0.6) is 0 Å². The third-order valence-electron chi connectivity index (χ3n) is 3.35. The molecule has 0 aromatic carbocycles. The molecule has 2 N–H and O–H groups in total. The summed E-state index contributed by atoms with van der Waals surface area (Å²) in [6.07, 6.45) is 3.90. The van der Waals surface area contributed by atoms with Gasteiger partial charge in [0.1, 0.15) is 0 Å². The molecule has 2 nitrogen and oxygen atoms in total. The Bertz CT molecular complexity index is 142. The van der Waals surface area contributed by atoms with E-state index in [0.29, 0.717) is 12.5 Å². The number of rotatable bonds is 1. The smallest absolute Gasteiger partial charge is 0.0462 e. The maximum absolute atomic E-state index is 9.00. The number of hydrogen-bond donors (Lipinski definition) is 2. The van der Waals surface area contributed by atoms with E-state index in [2.05, 4.69) is 5.32 Å². The van der Waals surface area contributed by atoms with Gasteiger partial charge in [0.05, 0.1) is 0 Å². The monoisotopic (exact) mass is 191 g/mol. The van der Waals surface area contributed by atoms with Crippen LogP contribution in [0.1, 0.15) is 19.3 Å². The van der Waals surface area contributed by atoms with Crippen molar-refractivity contribution in [1.82, 2.24) is 5.32 Å². The summed E-state index contributed by atoms with van der Waals surface area (Å²) in [5, 5.41) is 12.4. The summed E-state index contributed by atoms with van der Waals surface area (Å²) < 4.78 is 0. The van der Waals surface area contributed by atoms with E-state index in [1.54, 1.807) is 0 Å². The van der Waals surface area contributed by atoms with Crippen LogP contribution >= 0.6 is 12.4 Å². The van der Waals surface area contributed by atoms with Crippen molar-refractivity contribution in [3.8, 4) is 0 Å². The molecule has 0 spiro atoms. The molecule has 12 heavy (non-hydrogen) atoms. The van der Waals surface area contributed by atoms with E-state index in [9.17, 15) is 0 Å². The molecule has 0 aromatic heterocycles. The zero-order valence-corrected chi connectivity index (χ0v) is 8.15. The summed E-state index contributed by atoms with van der Waals surface area (Å²) in [5.74, 6) is 2.37. The Kier molecular flexibility index (Phi) is 3.81. The highest BCUT2D eigenvalue weighted by Crippen LogP contribution is 2.43. The zero-order chi connectivity index (χ0) is 7.68. The summed E-state index contributed by atoms with van der Waals surface area (Å²) in [7, 11) is 0. The molecular weight excluding hydrogens is 174 g/mol. The van der Waals surface area contributed by atoms with Crippen LogP contribution in [0.25, 0.3) is 0 Å². The maximum atomic E-state index is 9.00. The molecule has 0 aromatic rings. The molecule has 0 amide bonds. The number of aliphatic hydroxyl groups is 1. The third-order valence-corrected chi connectivity index (χ3v) is 3.35. The highest BCUT2D eigenvalue weighted by Gasteiger charge is 2.40. The second-order valence-corrected chi connectivity index (χ2v) is 3.95. The third kappa shape index (κ3) is 1.76. The molecule has 2 rings (SSSR count). The summed E-state index contributed by atoms with van der Waals surface area (Å²) in [4.78, 5) is 0. The van der Waals surface area contributed by atoms with E-state index < -0.39 is 0 Å². The van der Waals surface area contributed by atoms with Gasteiger partial charge in [0.2, 0.25) is 0 Å². The van der Waals surface area contributed by atoms with Crippen molar-refractivity contribution in [2.24, 2.45) is 17.8 Å². The summed E-state index contributed by atoms with van der Waals surface area (Å²) >= 11 is 0. The highest BCUT2D eigenvalue weighted by atomic mass is 35.5. The number of nitrogens with one attached hydrogen (secondary N) is 1. The zero-order valence-electron chi connectivity index (χ0n) is 7.33. The van der Waals surface area contributed by atoms with Crippen molar-refractivity contribution in [2.45, 2.75) is 19.3 Å². The van der Waals surface area contributed by atoms with E-state index >= 15 is 0 Å². The van der Waals surface area contributed by atoms with Gasteiger partial charge in [-0.3, -0.25) is 0 Å². The molecule has 1 aliphatic heterocycles. The standard InChI is InChI=1S/C9H17NO.ClH/c11-6-8-4-7-5-10-3-1-2-9(7)8;/h7-11H,1-6H2;1H. The van der Waals surface area contributed by atoms with Crippen molar-refractivity contribution >= 4 is 12.4 Å². The second kappa shape index (κ2) is 4.45. The molecule has 2 aliphatic rings. The minimum absolute atomic E-state index is 0. The van der Waals surface area contributed by atoms with Gasteiger partial charge in [-0.2, -0.15) is 0 Å². The maximum Gasteiger partial charge on any atom is 0.0462 e. The van der Waals surface area contributed by atoms with E-state index in [0.717, 1.165) is 11.8 Å². The van der Waals surface area contributed by atoms with Gasteiger partial charge in [0, 0.05) is 6.61 Å². The molecule has 3 heteroatoms. The quantitative estimate of drug-likeness (QED) is 0.649. The summed E-state index contributed by atoms with van der Waals surface area (Å²) in [6.45, 7) is 2.80. The van der Waals surface area contributed by atoms with Crippen molar-refractivity contribution in [3.05, 3.63) is 0 Å². The number of halogens is 1. The first kappa shape index (κ1) is 10.3. The van der Waals surface area contributed by atoms with Crippen molar-refractivity contribution in [1.29, 1.82) is 0 Å². The molecule has 1 saturated heterocycles. The van der Waals surface area contributed by atoms with Gasteiger partial charge in [-0.05, 0) is 50.1 Å². The molecule has 3 atom stereocenters. The van der Waals surface area contributed by atoms with Crippen molar-refractivity contribution in [3.63, 3.8) is 0 Å². The van der Waals surface area contributed by atoms with E-state index in [1.807, 2.05) is 0 Å². The van der Waals surface area contributed by atoms with Crippen LogP contribution in [0.15, 0.2) is 0 Å².